The maximum Gasteiger partial charge on any atom is 0.404 e. The van der Waals surface area contributed by atoms with Gasteiger partial charge in [0.2, 0.25) is 5.88 Å². The molecule has 0 aliphatic rings. The van der Waals surface area contributed by atoms with Crippen LogP contribution in [0.2, 0.25) is 0 Å². The molecule has 1 amide bonds. The summed E-state index contributed by atoms with van der Waals surface area (Å²) in [5.74, 6) is -2.40. The van der Waals surface area contributed by atoms with Crippen molar-refractivity contribution in [1.82, 2.24) is 4.98 Å². The molecule has 3 rings (SSSR count). The van der Waals surface area contributed by atoms with Crippen LogP contribution in [-0.2, 0) is 17.6 Å². The van der Waals surface area contributed by atoms with Crippen molar-refractivity contribution in [2.24, 2.45) is 5.73 Å². The van der Waals surface area contributed by atoms with Crippen LogP contribution in [0, 0.1) is 11.6 Å². The van der Waals surface area contributed by atoms with E-state index in [0.29, 0.717) is 29.7 Å². The van der Waals surface area contributed by atoms with Crippen molar-refractivity contribution < 1.29 is 27.8 Å². The van der Waals surface area contributed by atoms with E-state index in [1.54, 1.807) is 18.3 Å². The summed E-state index contributed by atoms with van der Waals surface area (Å²) >= 11 is 0. The third kappa shape index (κ3) is 4.63. The fourth-order valence-corrected chi connectivity index (χ4v) is 3.45. The summed E-state index contributed by atoms with van der Waals surface area (Å²) in [7, 11) is 0. The number of carbonyl (C=O) groups excluding carboxylic acids is 2. The average Bonchev–Trinajstić information content (AvgIpc) is 2.73. The second-order valence-corrected chi connectivity index (χ2v) is 6.78. The Hall–Kier alpha value is -3.55. The van der Waals surface area contributed by atoms with Gasteiger partial charge in [0.05, 0.1) is 18.8 Å². The van der Waals surface area contributed by atoms with E-state index in [9.17, 15) is 18.4 Å². The van der Waals surface area contributed by atoms with Crippen LogP contribution in [0.4, 0.5) is 13.6 Å². The monoisotopic (exact) mass is 428 g/mol. The number of aromatic nitrogens is 1. The normalized spacial score (nSPS) is 10.8. The molecule has 0 bridgehead atoms. The molecule has 0 aliphatic carbocycles. The zero-order valence-electron chi connectivity index (χ0n) is 17.2. The Balaban J connectivity index is 2.07. The number of halogens is 2. The molecule has 1 aromatic heterocycles. The van der Waals surface area contributed by atoms with Crippen molar-refractivity contribution in [2.45, 2.75) is 26.7 Å². The molecule has 2 aromatic carbocycles. The first-order chi connectivity index (χ1) is 14.9. The number of aryl methyl sites for hydroxylation is 1. The van der Waals surface area contributed by atoms with Gasteiger partial charge in [-0.3, -0.25) is 4.79 Å². The lowest BCUT2D eigenvalue weighted by atomic mass is 9.93. The molecule has 6 nitrogen and oxygen atoms in total. The number of ketones is 1. The van der Waals surface area contributed by atoms with Gasteiger partial charge in [-0.25, -0.2) is 18.6 Å². The molecule has 2 N–H and O–H groups in total. The van der Waals surface area contributed by atoms with Gasteiger partial charge in [0, 0.05) is 29.0 Å². The summed E-state index contributed by atoms with van der Waals surface area (Å²) in [6.07, 6.45) is 1.27. The Labute approximate surface area is 178 Å². The van der Waals surface area contributed by atoms with Gasteiger partial charge in [-0.2, -0.15) is 0 Å². The maximum atomic E-state index is 14.8. The van der Waals surface area contributed by atoms with E-state index in [1.807, 2.05) is 13.8 Å². The fourth-order valence-electron chi connectivity index (χ4n) is 3.45. The molecule has 31 heavy (non-hydrogen) atoms. The lowest BCUT2D eigenvalue weighted by molar-refractivity contribution is 0.103. The number of nitrogens with two attached hydrogens (primary N) is 1. The molecule has 0 unspecified atom stereocenters. The van der Waals surface area contributed by atoms with E-state index in [1.165, 1.54) is 6.07 Å². The molecule has 1 heterocycles. The van der Waals surface area contributed by atoms with Crippen LogP contribution in [0.5, 0.6) is 5.88 Å². The minimum atomic E-state index is -0.992. The van der Waals surface area contributed by atoms with Crippen molar-refractivity contribution in [1.29, 1.82) is 0 Å². The lowest BCUT2D eigenvalue weighted by Gasteiger charge is -2.14. The Bertz CT molecular complexity index is 1120. The Kier molecular flexibility index (Phi) is 6.79. The van der Waals surface area contributed by atoms with Crippen LogP contribution in [0.1, 0.15) is 40.9 Å². The summed E-state index contributed by atoms with van der Waals surface area (Å²) in [5.41, 5.74) is 5.40. The van der Waals surface area contributed by atoms with Gasteiger partial charge in [0.15, 0.2) is 5.78 Å². The van der Waals surface area contributed by atoms with Crippen molar-refractivity contribution in [3.05, 3.63) is 70.4 Å². The smallest absolute Gasteiger partial charge is 0.404 e. The van der Waals surface area contributed by atoms with Crippen LogP contribution in [0.15, 0.2) is 36.5 Å². The predicted octanol–water partition coefficient (Wildman–Crippen LogP) is 4.34. The predicted molar refractivity (Wildman–Crippen MR) is 111 cm³/mol. The molecule has 0 saturated heterocycles. The number of benzene rings is 2. The highest BCUT2D eigenvalue weighted by molar-refractivity contribution is 6.17. The zero-order valence-corrected chi connectivity index (χ0v) is 17.2. The van der Waals surface area contributed by atoms with E-state index in [2.05, 4.69) is 9.72 Å². The van der Waals surface area contributed by atoms with Crippen LogP contribution in [0.25, 0.3) is 10.8 Å². The minimum absolute atomic E-state index is 0.0584. The molecule has 8 heteroatoms. The van der Waals surface area contributed by atoms with E-state index in [0.717, 1.165) is 17.7 Å². The summed E-state index contributed by atoms with van der Waals surface area (Å²) in [6, 6.07) is 7.04. The first-order valence-corrected chi connectivity index (χ1v) is 9.85. The first-order valence-electron chi connectivity index (χ1n) is 9.85. The van der Waals surface area contributed by atoms with Crippen LogP contribution in [0.3, 0.4) is 0 Å². The Morgan fingerprint density at radius 3 is 2.45 bits per heavy atom. The molecule has 0 radical (unpaired) electrons. The highest BCUT2D eigenvalue weighted by atomic mass is 19.1. The van der Waals surface area contributed by atoms with Crippen LogP contribution >= 0.6 is 0 Å². The van der Waals surface area contributed by atoms with Gasteiger partial charge >= 0.3 is 6.09 Å². The second kappa shape index (κ2) is 9.51. The summed E-state index contributed by atoms with van der Waals surface area (Å²) in [4.78, 5) is 28.2. The Morgan fingerprint density at radius 1 is 1.13 bits per heavy atom. The van der Waals surface area contributed by atoms with Gasteiger partial charge in [0.25, 0.3) is 0 Å². The van der Waals surface area contributed by atoms with Crippen LogP contribution < -0.4 is 10.5 Å². The second-order valence-electron chi connectivity index (χ2n) is 6.78. The summed E-state index contributed by atoms with van der Waals surface area (Å²) in [5, 5.41) is 1.17. The lowest BCUT2D eigenvalue weighted by Crippen LogP contribution is -2.15. The van der Waals surface area contributed by atoms with Gasteiger partial charge in [-0.1, -0.05) is 19.1 Å². The third-order valence-corrected chi connectivity index (χ3v) is 4.82. The topological polar surface area (TPSA) is 91.5 Å². The molecule has 0 spiro atoms. The van der Waals surface area contributed by atoms with Gasteiger partial charge in [-0.15, -0.1) is 0 Å². The maximum absolute atomic E-state index is 14.8. The number of amides is 1. The van der Waals surface area contributed by atoms with Crippen molar-refractivity contribution in [3.8, 4) is 5.88 Å². The minimum Gasteiger partial charge on any atom is -0.478 e. The molecule has 0 atom stereocenters. The van der Waals surface area contributed by atoms with Crippen molar-refractivity contribution in [2.75, 3.05) is 13.2 Å². The van der Waals surface area contributed by atoms with E-state index in [-0.39, 0.29) is 24.2 Å². The number of rotatable bonds is 8. The number of fused-ring (bicyclic) bond motifs is 1. The number of pyridine rings is 1. The van der Waals surface area contributed by atoms with E-state index >= 15 is 0 Å². The van der Waals surface area contributed by atoms with Gasteiger partial charge in [-0.05, 0) is 42.7 Å². The number of ether oxygens (including phenoxy) is 2. The number of nitrogens with zero attached hydrogens (tertiary/aromatic N) is 1. The van der Waals surface area contributed by atoms with Crippen molar-refractivity contribution in [3.63, 3.8) is 0 Å². The molecule has 0 fully saturated rings. The SMILES string of the molecule is CCOc1ncc(CC)c2c(C(=O)c3c(F)cc(CCOC(N)=O)cc3F)cccc12. The summed E-state index contributed by atoms with van der Waals surface area (Å²) in [6.45, 7) is 3.98. The summed E-state index contributed by atoms with van der Waals surface area (Å²) < 4.78 is 39.7. The number of primary amides is 1. The zero-order chi connectivity index (χ0) is 22.5. The molecular weight excluding hydrogens is 406 g/mol. The highest BCUT2D eigenvalue weighted by Gasteiger charge is 2.24. The standard InChI is InChI=1S/C23H22F2N2O4/c1-3-14-12-27-22(30-4-2)16-7-5-6-15(19(14)16)21(28)20-17(24)10-13(11-18(20)25)8-9-31-23(26)29/h5-7,10-12H,3-4,8-9H2,1-2H3,(H2,26,29). The highest BCUT2D eigenvalue weighted by Crippen LogP contribution is 2.32. The third-order valence-electron chi connectivity index (χ3n) is 4.82. The average molecular weight is 428 g/mol. The van der Waals surface area contributed by atoms with Crippen LogP contribution in [-0.4, -0.2) is 30.1 Å². The Morgan fingerprint density at radius 2 is 1.84 bits per heavy atom. The van der Waals surface area contributed by atoms with Crippen molar-refractivity contribution >= 4 is 22.6 Å². The number of carbonyl (C=O) groups is 2. The first kappa shape index (κ1) is 22.1. The fraction of sp³-hybridized carbons (Fsp3) is 0.261. The molecule has 3 aromatic rings. The van der Waals surface area contributed by atoms with E-state index < -0.39 is 29.1 Å². The molecular formula is C23H22F2N2O4. The molecule has 162 valence electrons. The largest absolute Gasteiger partial charge is 0.478 e. The molecule has 0 aliphatic heterocycles. The van der Waals surface area contributed by atoms with E-state index in [4.69, 9.17) is 10.5 Å². The number of hydrogen-bond donors (Lipinski definition) is 1. The number of hydrogen-bond acceptors (Lipinski definition) is 5. The molecule has 0 saturated carbocycles. The quantitative estimate of drug-likeness (QED) is 0.539. The van der Waals surface area contributed by atoms with Gasteiger partial charge < -0.3 is 15.2 Å². The van der Waals surface area contributed by atoms with Gasteiger partial charge in [0.1, 0.15) is 11.6 Å².